The molecule has 0 saturated carbocycles. The minimum absolute atomic E-state index is 0.171. The minimum atomic E-state index is -3.20. The zero-order valence-corrected chi connectivity index (χ0v) is 11.4. The summed E-state index contributed by atoms with van der Waals surface area (Å²) in [6.45, 7) is 1.57. The lowest BCUT2D eigenvalue weighted by molar-refractivity contribution is 0.0697. The first-order valence-corrected chi connectivity index (χ1v) is 7.89. The fourth-order valence-corrected chi connectivity index (χ4v) is 3.46. The van der Waals surface area contributed by atoms with Crippen molar-refractivity contribution in [1.29, 1.82) is 0 Å². The van der Waals surface area contributed by atoms with Crippen LogP contribution in [0.1, 0.15) is 27.5 Å². The molecular weight excluding hydrogens is 274 g/mol. The molecule has 1 heterocycles. The van der Waals surface area contributed by atoms with Crippen LogP contribution in [0.15, 0.2) is 18.2 Å². The molecule has 0 aliphatic rings. The summed E-state index contributed by atoms with van der Waals surface area (Å²) >= 11 is 1.21. The monoisotopic (exact) mass is 285 g/mol. The molecule has 0 aliphatic heterocycles. The van der Waals surface area contributed by atoms with E-state index in [4.69, 9.17) is 5.11 Å². The van der Waals surface area contributed by atoms with E-state index >= 15 is 0 Å². The van der Waals surface area contributed by atoms with E-state index in [-0.39, 0.29) is 5.56 Å². The van der Waals surface area contributed by atoms with Crippen LogP contribution in [0.25, 0.3) is 10.2 Å². The summed E-state index contributed by atoms with van der Waals surface area (Å²) < 4.78 is 23.6. The molecule has 1 N–H and O–H groups in total. The van der Waals surface area contributed by atoms with E-state index in [9.17, 15) is 13.2 Å². The number of carboxylic acid groups (broad SMARTS) is 1. The Morgan fingerprint density at radius 1 is 1.44 bits per heavy atom. The Morgan fingerprint density at radius 2 is 2.11 bits per heavy atom. The lowest BCUT2D eigenvalue weighted by Gasteiger charge is -2.03. The Labute approximate surface area is 108 Å². The predicted molar refractivity (Wildman–Crippen MR) is 69.8 cm³/mol. The number of hydrogen-bond acceptors (Lipinski definition) is 5. The van der Waals surface area contributed by atoms with Gasteiger partial charge in [0.2, 0.25) is 0 Å². The molecule has 0 fully saturated rings. The third-order valence-corrected chi connectivity index (χ3v) is 5.50. The number of sulfone groups is 1. The number of carbonyl (C=O) groups is 1. The summed E-state index contributed by atoms with van der Waals surface area (Å²) in [6, 6.07) is 4.56. The van der Waals surface area contributed by atoms with E-state index in [1.807, 2.05) is 0 Å². The average Bonchev–Trinajstić information content (AvgIpc) is 2.68. The summed E-state index contributed by atoms with van der Waals surface area (Å²) in [4.78, 5) is 15.1. The SMILES string of the molecule is CC(c1nc2ccc(C(=O)O)cc2s1)S(C)(=O)=O. The van der Waals surface area contributed by atoms with E-state index in [1.54, 1.807) is 13.0 Å². The smallest absolute Gasteiger partial charge is 0.335 e. The molecule has 2 aromatic rings. The fraction of sp³-hybridized carbons (Fsp3) is 0.273. The molecule has 0 saturated heterocycles. The molecule has 0 spiro atoms. The van der Waals surface area contributed by atoms with E-state index in [2.05, 4.69) is 4.98 Å². The molecule has 96 valence electrons. The number of thiazole rings is 1. The summed E-state index contributed by atoms with van der Waals surface area (Å²) in [5.74, 6) is -1.01. The molecule has 1 unspecified atom stereocenters. The van der Waals surface area contributed by atoms with Crippen LogP contribution in [0.2, 0.25) is 0 Å². The minimum Gasteiger partial charge on any atom is -0.478 e. The fourth-order valence-electron chi connectivity index (χ4n) is 1.43. The van der Waals surface area contributed by atoms with Gasteiger partial charge in [-0.2, -0.15) is 0 Å². The van der Waals surface area contributed by atoms with Gasteiger partial charge in [-0.15, -0.1) is 11.3 Å². The molecule has 0 bridgehead atoms. The largest absolute Gasteiger partial charge is 0.478 e. The third-order valence-electron chi connectivity index (χ3n) is 2.64. The topological polar surface area (TPSA) is 84.3 Å². The van der Waals surface area contributed by atoms with Crippen LogP contribution in [0, 0.1) is 0 Å². The van der Waals surface area contributed by atoms with Crippen molar-refractivity contribution >= 4 is 37.4 Å². The van der Waals surface area contributed by atoms with Crippen LogP contribution in [-0.2, 0) is 9.84 Å². The van der Waals surface area contributed by atoms with Gasteiger partial charge in [-0.25, -0.2) is 18.2 Å². The highest BCUT2D eigenvalue weighted by Crippen LogP contribution is 2.30. The van der Waals surface area contributed by atoms with Crippen LogP contribution in [0.3, 0.4) is 0 Å². The molecule has 5 nitrogen and oxygen atoms in total. The molecule has 0 radical (unpaired) electrons. The van der Waals surface area contributed by atoms with Crippen molar-refractivity contribution in [2.75, 3.05) is 6.26 Å². The van der Waals surface area contributed by atoms with Crippen molar-refractivity contribution in [2.24, 2.45) is 0 Å². The number of fused-ring (bicyclic) bond motifs is 1. The van der Waals surface area contributed by atoms with Gasteiger partial charge in [0, 0.05) is 6.26 Å². The number of carboxylic acids is 1. The summed E-state index contributed by atoms with van der Waals surface area (Å²) in [5.41, 5.74) is 0.792. The van der Waals surface area contributed by atoms with Gasteiger partial charge in [-0.1, -0.05) is 0 Å². The second-order valence-corrected chi connectivity index (χ2v) is 7.44. The number of nitrogens with zero attached hydrogens (tertiary/aromatic N) is 1. The Bertz CT molecular complexity index is 718. The van der Waals surface area contributed by atoms with Gasteiger partial charge >= 0.3 is 5.97 Å². The maximum atomic E-state index is 11.5. The van der Waals surface area contributed by atoms with Crippen LogP contribution in [-0.4, -0.2) is 30.7 Å². The van der Waals surface area contributed by atoms with Crippen LogP contribution in [0.4, 0.5) is 0 Å². The van der Waals surface area contributed by atoms with E-state index < -0.39 is 21.1 Å². The summed E-state index contributed by atoms with van der Waals surface area (Å²) in [5, 5.41) is 8.68. The molecule has 1 aromatic heterocycles. The molecule has 0 amide bonds. The standard InChI is InChI=1S/C11H11NO4S2/c1-6(18(2,15)16)10-12-8-4-3-7(11(13)14)5-9(8)17-10/h3-6H,1-2H3,(H,13,14). The van der Waals surface area contributed by atoms with Crippen LogP contribution in [0.5, 0.6) is 0 Å². The van der Waals surface area contributed by atoms with Gasteiger partial charge < -0.3 is 5.11 Å². The van der Waals surface area contributed by atoms with Crippen molar-refractivity contribution in [2.45, 2.75) is 12.2 Å². The van der Waals surface area contributed by atoms with Gasteiger partial charge in [0.1, 0.15) is 10.3 Å². The Morgan fingerprint density at radius 3 is 2.67 bits per heavy atom. The molecule has 2 rings (SSSR count). The lowest BCUT2D eigenvalue weighted by Crippen LogP contribution is -2.06. The molecule has 1 aromatic carbocycles. The number of rotatable bonds is 3. The van der Waals surface area contributed by atoms with Crippen molar-refractivity contribution in [3.05, 3.63) is 28.8 Å². The second-order valence-electron chi connectivity index (χ2n) is 4.01. The van der Waals surface area contributed by atoms with Crippen molar-refractivity contribution in [3.8, 4) is 0 Å². The highest BCUT2D eigenvalue weighted by Gasteiger charge is 2.21. The first kappa shape index (κ1) is 13.0. The molecule has 7 heteroatoms. The van der Waals surface area contributed by atoms with Gasteiger partial charge in [0.05, 0.1) is 15.8 Å². The van der Waals surface area contributed by atoms with E-state index in [1.165, 1.54) is 23.5 Å². The van der Waals surface area contributed by atoms with Crippen molar-refractivity contribution in [1.82, 2.24) is 4.98 Å². The zero-order chi connectivity index (χ0) is 13.5. The van der Waals surface area contributed by atoms with Crippen LogP contribution < -0.4 is 0 Å². The highest BCUT2D eigenvalue weighted by molar-refractivity contribution is 7.91. The van der Waals surface area contributed by atoms with Crippen LogP contribution >= 0.6 is 11.3 Å². The summed E-state index contributed by atoms with van der Waals surface area (Å²) in [7, 11) is -3.20. The third kappa shape index (κ3) is 2.37. The Hall–Kier alpha value is -1.47. The average molecular weight is 285 g/mol. The Balaban J connectivity index is 2.54. The first-order chi connectivity index (χ1) is 8.29. The number of hydrogen-bond donors (Lipinski definition) is 1. The number of benzene rings is 1. The first-order valence-electron chi connectivity index (χ1n) is 5.11. The summed E-state index contributed by atoms with van der Waals surface area (Å²) in [6.07, 6.45) is 1.16. The highest BCUT2D eigenvalue weighted by atomic mass is 32.2. The van der Waals surface area contributed by atoms with E-state index in [0.717, 1.165) is 6.26 Å². The number of aromatic carboxylic acids is 1. The molecular formula is C11H11NO4S2. The molecule has 18 heavy (non-hydrogen) atoms. The maximum Gasteiger partial charge on any atom is 0.335 e. The molecule has 0 aliphatic carbocycles. The van der Waals surface area contributed by atoms with Gasteiger partial charge in [-0.3, -0.25) is 0 Å². The number of aromatic nitrogens is 1. The zero-order valence-electron chi connectivity index (χ0n) is 9.75. The quantitative estimate of drug-likeness (QED) is 0.933. The van der Waals surface area contributed by atoms with Crippen molar-refractivity contribution in [3.63, 3.8) is 0 Å². The Kier molecular flexibility index (Phi) is 3.12. The van der Waals surface area contributed by atoms with Gasteiger partial charge in [0.25, 0.3) is 0 Å². The lowest BCUT2D eigenvalue weighted by atomic mass is 10.2. The normalized spacial score (nSPS) is 13.7. The molecule has 1 atom stereocenters. The van der Waals surface area contributed by atoms with E-state index in [0.29, 0.717) is 15.2 Å². The van der Waals surface area contributed by atoms with Gasteiger partial charge in [0.15, 0.2) is 9.84 Å². The van der Waals surface area contributed by atoms with Gasteiger partial charge in [-0.05, 0) is 25.1 Å². The second kappa shape index (κ2) is 4.33. The predicted octanol–water partition coefficient (Wildman–Crippen LogP) is 2.10. The maximum absolute atomic E-state index is 11.5. The van der Waals surface area contributed by atoms with Crippen molar-refractivity contribution < 1.29 is 18.3 Å².